The van der Waals surface area contributed by atoms with Gasteiger partial charge in [0.2, 0.25) is 5.91 Å². The number of amides is 1. The summed E-state index contributed by atoms with van der Waals surface area (Å²) >= 11 is 5.97. The minimum absolute atomic E-state index is 0.205. The molecule has 1 amide bonds. The maximum atomic E-state index is 11.7. The van der Waals surface area contributed by atoms with Crippen LogP contribution in [0.5, 0.6) is 5.75 Å². The van der Waals surface area contributed by atoms with Gasteiger partial charge in [-0.3, -0.25) is 9.69 Å². The molecule has 1 aromatic rings. The van der Waals surface area contributed by atoms with Gasteiger partial charge >= 0.3 is 5.97 Å². The van der Waals surface area contributed by atoms with E-state index in [4.69, 9.17) is 21.4 Å². The lowest BCUT2D eigenvalue weighted by Crippen LogP contribution is -2.38. The van der Waals surface area contributed by atoms with Crippen LogP contribution in [-0.2, 0) is 9.59 Å². The lowest BCUT2D eigenvalue weighted by Gasteiger charge is -2.22. The summed E-state index contributed by atoms with van der Waals surface area (Å²) in [6.45, 7) is 0. The molecule has 0 saturated carbocycles. The largest absolute Gasteiger partial charge is 0.495 e. The normalized spacial score (nSPS) is 19.1. The Morgan fingerprint density at radius 3 is 2.83 bits per heavy atom. The molecule has 1 aromatic carbocycles. The molecule has 1 saturated heterocycles. The van der Waals surface area contributed by atoms with Crippen molar-refractivity contribution in [3.63, 3.8) is 0 Å². The summed E-state index contributed by atoms with van der Waals surface area (Å²) in [4.78, 5) is 24.1. The van der Waals surface area contributed by atoms with Crippen molar-refractivity contribution in [1.82, 2.24) is 0 Å². The van der Waals surface area contributed by atoms with E-state index in [0.717, 1.165) is 0 Å². The number of carboxylic acid groups (broad SMARTS) is 1. The Morgan fingerprint density at radius 1 is 1.56 bits per heavy atom. The minimum Gasteiger partial charge on any atom is -0.495 e. The first-order valence-electron chi connectivity index (χ1n) is 5.43. The minimum atomic E-state index is -1.01. The molecule has 6 heteroatoms. The lowest BCUT2D eigenvalue weighted by atomic mass is 10.2. The number of anilines is 1. The molecule has 5 nitrogen and oxygen atoms in total. The van der Waals surface area contributed by atoms with Crippen LogP contribution >= 0.6 is 11.6 Å². The summed E-state index contributed by atoms with van der Waals surface area (Å²) in [7, 11) is 1.49. The number of rotatable bonds is 3. The average molecular weight is 270 g/mol. The summed E-state index contributed by atoms with van der Waals surface area (Å²) in [5, 5.41) is 9.43. The number of carboxylic acids is 1. The Hall–Kier alpha value is -1.75. The second-order valence-corrected chi connectivity index (χ2v) is 4.38. The number of aliphatic carboxylic acids is 1. The van der Waals surface area contributed by atoms with E-state index < -0.39 is 12.0 Å². The van der Waals surface area contributed by atoms with Crippen LogP contribution in [-0.4, -0.2) is 30.1 Å². The first-order chi connectivity index (χ1) is 8.54. The van der Waals surface area contributed by atoms with Gasteiger partial charge in [0, 0.05) is 12.1 Å². The predicted molar refractivity (Wildman–Crippen MR) is 66.1 cm³/mol. The number of hydrogen-bond donors (Lipinski definition) is 1. The van der Waals surface area contributed by atoms with Crippen molar-refractivity contribution in [3.8, 4) is 5.75 Å². The van der Waals surface area contributed by atoms with Gasteiger partial charge in [0.1, 0.15) is 11.8 Å². The van der Waals surface area contributed by atoms with Crippen molar-refractivity contribution in [2.45, 2.75) is 18.9 Å². The highest BCUT2D eigenvalue weighted by Crippen LogP contribution is 2.33. The van der Waals surface area contributed by atoms with Crippen LogP contribution in [0.3, 0.4) is 0 Å². The smallest absolute Gasteiger partial charge is 0.326 e. The van der Waals surface area contributed by atoms with Gasteiger partial charge in [0.25, 0.3) is 0 Å². The van der Waals surface area contributed by atoms with Gasteiger partial charge in [-0.05, 0) is 24.6 Å². The van der Waals surface area contributed by atoms with Crippen LogP contribution in [0.15, 0.2) is 18.2 Å². The molecule has 1 unspecified atom stereocenters. The SMILES string of the molecule is COc1ccc(N2C(=O)CCC2C(=O)O)cc1Cl. The molecule has 18 heavy (non-hydrogen) atoms. The van der Waals surface area contributed by atoms with Crippen molar-refractivity contribution in [1.29, 1.82) is 0 Å². The number of hydrogen-bond acceptors (Lipinski definition) is 3. The van der Waals surface area contributed by atoms with E-state index in [0.29, 0.717) is 22.9 Å². The van der Waals surface area contributed by atoms with E-state index in [1.807, 2.05) is 0 Å². The van der Waals surface area contributed by atoms with Crippen LogP contribution in [0, 0.1) is 0 Å². The van der Waals surface area contributed by atoms with Crippen LogP contribution < -0.4 is 9.64 Å². The zero-order valence-corrected chi connectivity index (χ0v) is 10.5. The van der Waals surface area contributed by atoms with E-state index in [1.165, 1.54) is 12.0 Å². The maximum Gasteiger partial charge on any atom is 0.326 e. The Balaban J connectivity index is 2.37. The van der Waals surface area contributed by atoms with Gasteiger partial charge < -0.3 is 9.84 Å². The standard InChI is InChI=1S/C12H12ClNO4/c1-18-10-4-2-7(6-8(10)13)14-9(12(16)17)3-5-11(14)15/h2,4,6,9H,3,5H2,1H3,(H,16,17). The number of carbonyl (C=O) groups is 2. The van der Waals surface area contributed by atoms with Gasteiger partial charge in [0.05, 0.1) is 12.1 Å². The fourth-order valence-electron chi connectivity index (χ4n) is 2.05. The number of halogens is 1. The maximum absolute atomic E-state index is 11.7. The highest BCUT2D eigenvalue weighted by Gasteiger charge is 2.37. The number of benzene rings is 1. The van der Waals surface area contributed by atoms with Gasteiger partial charge in [0.15, 0.2) is 0 Å². The van der Waals surface area contributed by atoms with E-state index in [-0.39, 0.29) is 12.3 Å². The number of nitrogens with zero attached hydrogens (tertiary/aromatic N) is 1. The zero-order chi connectivity index (χ0) is 13.3. The highest BCUT2D eigenvalue weighted by atomic mass is 35.5. The first kappa shape index (κ1) is 12.7. The van der Waals surface area contributed by atoms with E-state index >= 15 is 0 Å². The van der Waals surface area contributed by atoms with E-state index in [2.05, 4.69) is 0 Å². The zero-order valence-electron chi connectivity index (χ0n) is 9.72. The van der Waals surface area contributed by atoms with Crippen molar-refractivity contribution >= 4 is 29.2 Å². The first-order valence-corrected chi connectivity index (χ1v) is 5.81. The molecule has 1 aliphatic heterocycles. The molecular formula is C12H12ClNO4. The molecule has 96 valence electrons. The Bertz CT molecular complexity index is 503. The summed E-state index contributed by atoms with van der Waals surface area (Å²) in [5.41, 5.74) is 0.482. The Labute approximate surface area is 109 Å². The molecule has 1 N–H and O–H groups in total. The highest BCUT2D eigenvalue weighted by molar-refractivity contribution is 6.32. The molecule has 0 aromatic heterocycles. The average Bonchev–Trinajstić information content (AvgIpc) is 2.71. The third-order valence-electron chi connectivity index (χ3n) is 2.91. The van der Waals surface area contributed by atoms with Crippen LogP contribution in [0.25, 0.3) is 0 Å². The molecule has 1 fully saturated rings. The molecule has 0 bridgehead atoms. The Morgan fingerprint density at radius 2 is 2.28 bits per heavy atom. The number of ether oxygens (including phenoxy) is 1. The fourth-order valence-corrected chi connectivity index (χ4v) is 2.30. The topological polar surface area (TPSA) is 66.8 Å². The quantitative estimate of drug-likeness (QED) is 0.910. The molecular weight excluding hydrogens is 258 g/mol. The molecule has 1 atom stereocenters. The third-order valence-corrected chi connectivity index (χ3v) is 3.21. The molecule has 2 rings (SSSR count). The number of carbonyl (C=O) groups excluding carboxylic acids is 1. The third kappa shape index (κ3) is 2.13. The van der Waals surface area contributed by atoms with Crippen LogP contribution in [0.1, 0.15) is 12.8 Å². The van der Waals surface area contributed by atoms with E-state index in [1.54, 1.807) is 18.2 Å². The molecule has 0 radical (unpaired) electrons. The fraction of sp³-hybridized carbons (Fsp3) is 0.333. The molecule has 0 aliphatic carbocycles. The number of methoxy groups -OCH3 is 1. The second-order valence-electron chi connectivity index (χ2n) is 3.98. The molecule has 0 spiro atoms. The van der Waals surface area contributed by atoms with Gasteiger partial charge in [-0.15, -0.1) is 0 Å². The summed E-state index contributed by atoms with van der Waals surface area (Å²) in [5.74, 6) is -0.727. The molecule has 1 heterocycles. The van der Waals surface area contributed by atoms with Crippen molar-refractivity contribution in [3.05, 3.63) is 23.2 Å². The van der Waals surface area contributed by atoms with Gasteiger partial charge in [-0.25, -0.2) is 4.79 Å². The van der Waals surface area contributed by atoms with Gasteiger partial charge in [-0.1, -0.05) is 11.6 Å². The van der Waals surface area contributed by atoms with Crippen molar-refractivity contribution in [2.24, 2.45) is 0 Å². The monoisotopic (exact) mass is 269 g/mol. The Kier molecular flexibility index (Phi) is 3.43. The lowest BCUT2D eigenvalue weighted by molar-refractivity contribution is -0.138. The second kappa shape index (κ2) is 4.86. The van der Waals surface area contributed by atoms with Crippen LogP contribution in [0.4, 0.5) is 5.69 Å². The van der Waals surface area contributed by atoms with Crippen molar-refractivity contribution < 1.29 is 19.4 Å². The summed E-state index contributed by atoms with van der Waals surface area (Å²) < 4.78 is 5.01. The van der Waals surface area contributed by atoms with E-state index in [9.17, 15) is 9.59 Å². The molecule has 1 aliphatic rings. The van der Waals surface area contributed by atoms with Crippen LogP contribution in [0.2, 0.25) is 5.02 Å². The van der Waals surface area contributed by atoms with Gasteiger partial charge in [-0.2, -0.15) is 0 Å². The predicted octanol–water partition coefficient (Wildman–Crippen LogP) is 1.93. The summed E-state index contributed by atoms with van der Waals surface area (Å²) in [6.07, 6.45) is 0.554. The van der Waals surface area contributed by atoms with Crippen molar-refractivity contribution in [2.75, 3.05) is 12.0 Å². The summed E-state index contributed by atoms with van der Waals surface area (Å²) in [6, 6.07) is 3.97.